The number of carbonyl (C=O) groups is 2. The number of non-ortho nitro benzene ring substituents is 1. The Morgan fingerprint density at radius 2 is 1.42 bits per heavy atom. The summed E-state index contributed by atoms with van der Waals surface area (Å²) in [7, 11) is 1.25. The van der Waals surface area contributed by atoms with E-state index in [2.05, 4.69) is 5.32 Å². The molecule has 0 aromatic heterocycles. The first-order valence-corrected chi connectivity index (χ1v) is 9.71. The lowest BCUT2D eigenvalue weighted by Gasteiger charge is -2.22. The third kappa shape index (κ3) is 5.54. The average molecular weight is 418 g/mol. The van der Waals surface area contributed by atoms with Crippen LogP contribution in [0.1, 0.15) is 22.6 Å². The van der Waals surface area contributed by atoms with Crippen LogP contribution in [0.2, 0.25) is 0 Å². The lowest BCUT2D eigenvalue weighted by Crippen LogP contribution is -2.45. The number of methoxy groups -OCH3 is 1. The van der Waals surface area contributed by atoms with E-state index in [0.717, 1.165) is 11.1 Å². The minimum absolute atomic E-state index is 0.0457. The van der Waals surface area contributed by atoms with Gasteiger partial charge in [0.05, 0.1) is 18.0 Å². The van der Waals surface area contributed by atoms with Crippen LogP contribution < -0.4 is 5.32 Å². The summed E-state index contributed by atoms with van der Waals surface area (Å²) in [6.07, 6.45) is 0.146. The van der Waals surface area contributed by atoms with E-state index in [1.807, 2.05) is 60.7 Å². The summed E-state index contributed by atoms with van der Waals surface area (Å²) in [6, 6.07) is 23.5. The zero-order chi connectivity index (χ0) is 22.2. The predicted octanol–water partition coefficient (Wildman–Crippen LogP) is 3.63. The molecule has 3 aromatic carbocycles. The van der Waals surface area contributed by atoms with Gasteiger partial charge in [-0.05, 0) is 16.7 Å². The molecule has 7 heteroatoms. The topological polar surface area (TPSA) is 98.5 Å². The predicted molar refractivity (Wildman–Crippen MR) is 115 cm³/mol. The Morgan fingerprint density at radius 1 is 0.903 bits per heavy atom. The minimum atomic E-state index is -0.936. The molecular weight excluding hydrogens is 396 g/mol. The Bertz CT molecular complexity index is 997. The van der Waals surface area contributed by atoms with Crippen molar-refractivity contribution in [1.29, 1.82) is 0 Å². The highest BCUT2D eigenvalue weighted by Gasteiger charge is 2.28. The maximum absolute atomic E-state index is 13.3. The molecule has 1 amide bonds. The molecule has 7 nitrogen and oxygen atoms in total. The molecule has 0 aliphatic heterocycles. The van der Waals surface area contributed by atoms with Crippen molar-refractivity contribution in [1.82, 2.24) is 5.32 Å². The van der Waals surface area contributed by atoms with E-state index in [9.17, 15) is 19.7 Å². The van der Waals surface area contributed by atoms with Crippen molar-refractivity contribution < 1.29 is 19.2 Å². The third-order valence-corrected chi connectivity index (χ3v) is 4.92. The quantitative estimate of drug-likeness (QED) is 0.342. The Labute approximate surface area is 179 Å². The highest BCUT2D eigenvalue weighted by Crippen LogP contribution is 2.25. The van der Waals surface area contributed by atoms with E-state index >= 15 is 0 Å². The van der Waals surface area contributed by atoms with Gasteiger partial charge in [-0.25, -0.2) is 4.79 Å². The van der Waals surface area contributed by atoms with Crippen molar-refractivity contribution in [2.45, 2.75) is 18.4 Å². The molecule has 3 aromatic rings. The summed E-state index contributed by atoms with van der Waals surface area (Å²) in [6.45, 7) is 0. The first-order chi connectivity index (χ1) is 15.0. The second-order valence-electron chi connectivity index (χ2n) is 6.97. The highest BCUT2D eigenvalue weighted by atomic mass is 16.6. The molecule has 0 aliphatic carbocycles. The van der Waals surface area contributed by atoms with Gasteiger partial charge >= 0.3 is 5.97 Å². The van der Waals surface area contributed by atoms with E-state index in [1.165, 1.54) is 19.2 Å². The average Bonchev–Trinajstić information content (AvgIpc) is 2.80. The van der Waals surface area contributed by atoms with Crippen LogP contribution in [0.3, 0.4) is 0 Å². The molecule has 158 valence electrons. The number of hydrogen-bond donors (Lipinski definition) is 1. The van der Waals surface area contributed by atoms with Crippen molar-refractivity contribution in [2.24, 2.45) is 0 Å². The molecule has 0 saturated heterocycles. The standard InChI is InChI=1S/C24H22N2O5/c1-31-24(28)21(16-17-12-14-20(15-13-17)26(29)30)25-23(27)22(18-8-4-2-5-9-18)19-10-6-3-7-11-19/h2-15,21-22H,16H2,1H3,(H,25,27)/t21-/m1/s1. The normalized spacial score (nSPS) is 11.5. The fourth-order valence-corrected chi connectivity index (χ4v) is 3.37. The Balaban J connectivity index is 1.85. The fraction of sp³-hybridized carbons (Fsp3) is 0.167. The first-order valence-electron chi connectivity index (χ1n) is 9.71. The Kier molecular flexibility index (Phi) is 7.11. The van der Waals surface area contributed by atoms with E-state index in [4.69, 9.17) is 4.74 Å². The van der Waals surface area contributed by atoms with Crippen molar-refractivity contribution in [3.8, 4) is 0 Å². The monoisotopic (exact) mass is 418 g/mol. The van der Waals surface area contributed by atoms with Gasteiger partial charge < -0.3 is 10.1 Å². The zero-order valence-electron chi connectivity index (χ0n) is 16.9. The van der Waals surface area contributed by atoms with Crippen LogP contribution >= 0.6 is 0 Å². The summed E-state index contributed by atoms with van der Waals surface area (Å²) in [4.78, 5) is 36.0. The molecule has 1 N–H and O–H groups in total. The summed E-state index contributed by atoms with van der Waals surface area (Å²) in [5.41, 5.74) is 2.21. The van der Waals surface area contributed by atoms with Crippen molar-refractivity contribution in [3.05, 3.63) is 112 Å². The molecule has 0 heterocycles. The second kappa shape index (κ2) is 10.2. The van der Waals surface area contributed by atoms with Crippen LogP contribution in [0.4, 0.5) is 5.69 Å². The molecule has 0 aliphatic rings. The van der Waals surface area contributed by atoms with Gasteiger partial charge in [-0.2, -0.15) is 0 Å². The van der Waals surface area contributed by atoms with Crippen LogP contribution in [-0.2, 0) is 20.7 Å². The summed E-state index contributed by atoms with van der Waals surface area (Å²) in [5.74, 6) is -1.53. The summed E-state index contributed by atoms with van der Waals surface area (Å²) < 4.78 is 4.88. The number of ether oxygens (including phenoxy) is 1. The molecule has 0 unspecified atom stereocenters. The Hall–Kier alpha value is -4.00. The third-order valence-electron chi connectivity index (χ3n) is 4.92. The number of nitro benzene ring substituents is 1. The number of nitro groups is 1. The van der Waals surface area contributed by atoms with Crippen molar-refractivity contribution in [3.63, 3.8) is 0 Å². The number of carbonyl (C=O) groups excluding carboxylic acids is 2. The van der Waals surface area contributed by atoms with Crippen LogP contribution in [0, 0.1) is 10.1 Å². The minimum Gasteiger partial charge on any atom is -0.467 e. The first kappa shape index (κ1) is 21.7. The number of rotatable bonds is 8. The maximum atomic E-state index is 13.3. The number of nitrogens with one attached hydrogen (secondary N) is 1. The van der Waals surface area contributed by atoms with Crippen LogP contribution in [0.15, 0.2) is 84.9 Å². The number of hydrogen-bond acceptors (Lipinski definition) is 5. The Morgan fingerprint density at radius 3 is 1.87 bits per heavy atom. The lowest BCUT2D eigenvalue weighted by atomic mass is 9.90. The number of benzene rings is 3. The molecule has 1 atom stereocenters. The molecule has 31 heavy (non-hydrogen) atoms. The van der Waals surface area contributed by atoms with Crippen LogP contribution in [-0.4, -0.2) is 30.0 Å². The second-order valence-corrected chi connectivity index (χ2v) is 6.97. The van der Waals surface area contributed by atoms with E-state index < -0.39 is 22.9 Å². The number of esters is 1. The van der Waals surface area contributed by atoms with Gasteiger partial charge in [0.1, 0.15) is 6.04 Å². The van der Waals surface area contributed by atoms with Gasteiger partial charge in [-0.3, -0.25) is 14.9 Å². The zero-order valence-corrected chi connectivity index (χ0v) is 16.9. The van der Waals surface area contributed by atoms with E-state index in [1.54, 1.807) is 12.1 Å². The molecule has 0 spiro atoms. The van der Waals surface area contributed by atoms with Gasteiger partial charge in [0.2, 0.25) is 5.91 Å². The van der Waals surface area contributed by atoms with Gasteiger partial charge in [0, 0.05) is 18.6 Å². The van der Waals surface area contributed by atoms with Crippen LogP contribution in [0.5, 0.6) is 0 Å². The van der Waals surface area contributed by atoms with E-state index in [-0.39, 0.29) is 18.0 Å². The fourth-order valence-electron chi connectivity index (χ4n) is 3.37. The van der Waals surface area contributed by atoms with Gasteiger partial charge in [-0.15, -0.1) is 0 Å². The molecular formula is C24H22N2O5. The summed E-state index contributed by atoms with van der Waals surface area (Å²) in [5, 5.41) is 13.7. The smallest absolute Gasteiger partial charge is 0.328 e. The van der Waals surface area contributed by atoms with Gasteiger partial charge in [-0.1, -0.05) is 72.8 Å². The maximum Gasteiger partial charge on any atom is 0.328 e. The molecule has 0 fully saturated rings. The highest BCUT2D eigenvalue weighted by molar-refractivity contribution is 5.91. The molecule has 3 rings (SSSR count). The van der Waals surface area contributed by atoms with Crippen LogP contribution in [0.25, 0.3) is 0 Å². The SMILES string of the molecule is COC(=O)[C@@H](Cc1ccc([N+](=O)[O-])cc1)NC(=O)C(c1ccccc1)c1ccccc1. The lowest BCUT2D eigenvalue weighted by molar-refractivity contribution is -0.384. The van der Waals surface area contributed by atoms with E-state index in [0.29, 0.717) is 5.56 Å². The van der Waals surface area contributed by atoms with Crippen molar-refractivity contribution in [2.75, 3.05) is 7.11 Å². The van der Waals surface area contributed by atoms with Crippen molar-refractivity contribution >= 4 is 17.6 Å². The largest absolute Gasteiger partial charge is 0.467 e. The molecule has 0 saturated carbocycles. The molecule has 0 bridgehead atoms. The number of nitrogens with zero attached hydrogens (tertiary/aromatic N) is 1. The molecule has 0 radical (unpaired) electrons. The summed E-state index contributed by atoms with van der Waals surface area (Å²) >= 11 is 0. The van der Waals surface area contributed by atoms with Gasteiger partial charge in [0.25, 0.3) is 5.69 Å². The number of amides is 1. The van der Waals surface area contributed by atoms with Gasteiger partial charge in [0.15, 0.2) is 0 Å².